The fraction of sp³-hybridized carbons (Fsp3) is 0.417. The van der Waals surface area contributed by atoms with Gasteiger partial charge in [0.15, 0.2) is 11.6 Å². The summed E-state index contributed by atoms with van der Waals surface area (Å²) in [6.07, 6.45) is 2.24. The third kappa shape index (κ3) is 4.39. The van der Waals surface area contributed by atoms with Gasteiger partial charge >= 0.3 is 5.97 Å². The molecule has 0 heterocycles. The predicted octanol–water partition coefficient (Wildman–Crippen LogP) is 2.08. The molecular weight excluding hydrogens is 324 g/mol. The first-order valence-corrected chi connectivity index (χ1v) is 8.84. The maximum Gasteiger partial charge on any atom is 0.335 e. The topological polar surface area (TPSA) is 83.5 Å². The van der Waals surface area contributed by atoms with Gasteiger partial charge in [-0.1, -0.05) is 6.92 Å². The van der Waals surface area contributed by atoms with E-state index < -0.39 is 44.1 Å². The maximum absolute atomic E-state index is 13.7. The molecule has 1 atom stereocenters. The minimum Gasteiger partial charge on any atom is -0.478 e. The van der Waals surface area contributed by atoms with Crippen LogP contribution < -0.4 is 4.72 Å². The van der Waals surface area contributed by atoms with E-state index in [9.17, 15) is 22.0 Å². The largest absolute Gasteiger partial charge is 0.478 e. The quantitative estimate of drug-likeness (QED) is 0.795. The van der Waals surface area contributed by atoms with Crippen molar-refractivity contribution in [3.8, 4) is 0 Å². The van der Waals surface area contributed by atoms with E-state index >= 15 is 0 Å². The van der Waals surface area contributed by atoms with Gasteiger partial charge in [-0.15, -0.1) is 0 Å². The molecule has 0 amide bonds. The van der Waals surface area contributed by atoms with E-state index in [2.05, 4.69) is 4.72 Å². The smallest absolute Gasteiger partial charge is 0.335 e. The second-order valence-corrected chi connectivity index (χ2v) is 6.85. The van der Waals surface area contributed by atoms with Gasteiger partial charge in [0.05, 0.1) is 5.56 Å². The monoisotopic (exact) mass is 339 g/mol. The summed E-state index contributed by atoms with van der Waals surface area (Å²) in [5.74, 6) is -4.19. The summed E-state index contributed by atoms with van der Waals surface area (Å²) in [4.78, 5) is 9.82. The zero-order valence-corrected chi connectivity index (χ0v) is 13.0. The molecule has 0 fully saturated rings. The Balaban J connectivity index is 3.27. The highest BCUT2D eigenvalue weighted by atomic mass is 32.2. The van der Waals surface area contributed by atoms with Crippen LogP contribution in [0.25, 0.3) is 0 Å². The normalized spacial score (nSPS) is 13.1. The van der Waals surface area contributed by atoms with E-state index in [1.807, 2.05) is 0 Å². The van der Waals surface area contributed by atoms with Crippen molar-refractivity contribution in [2.24, 2.45) is 0 Å². The zero-order valence-electron chi connectivity index (χ0n) is 11.4. The number of halogens is 2. The Bertz CT molecular complexity index is 634. The summed E-state index contributed by atoms with van der Waals surface area (Å²) in [6.45, 7) is 1.74. The number of nitrogens with one attached hydrogen (secondary N) is 1. The van der Waals surface area contributed by atoms with E-state index in [4.69, 9.17) is 5.11 Å². The summed E-state index contributed by atoms with van der Waals surface area (Å²) in [5, 5.41) is 8.79. The number of hydrogen-bond acceptors (Lipinski definition) is 4. The lowest BCUT2D eigenvalue weighted by atomic mass is 10.2. The second-order valence-electron chi connectivity index (χ2n) is 4.26. The van der Waals surface area contributed by atoms with Crippen LogP contribution in [-0.2, 0) is 10.0 Å². The van der Waals surface area contributed by atoms with Crippen molar-refractivity contribution in [2.75, 3.05) is 12.0 Å². The van der Waals surface area contributed by atoms with E-state index in [1.54, 1.807) is 13.2 Å². The van der Waals surface area contributed by atoms with Gasteiger partial charge in [-0.05, 0) is 24.8 Å². The van der Waals surface area contributed by atoms with Crippen LogP contribution in [0, 0.1) is 11.6 Å². The Morgan fingerprint density at radius 1 is 1.43 bits per heavy atom. The third-order valence-electron chi connectivity index (χ3n) is 2.71. The molecule has 0 radical (unpaired) electrons. The fourth-order valence-corrected chi connectivity index (χ4v) is 3.86. The maximum atomic E-state index is 13.7. The highest BCUT2D eigenvalue weighted by molar-refractivity contribution is 7.98. The number of thioether (sulfide) groups is 1. The van der Waals surface area contributed by atoms with Crippen molar-refractivity contribution in [1.82, 2.24) is 4.72 Å². The fourth-order valence-electron chi connectivity index (χ4n) is 1.60. The number of rotatable bonds is 7. The van der Waals surface area contributed by atoms with E-state index in [0.717, 1.165) is 0 Å². The van der Waals surface area contributed by atoms with Crippen LogP contribution in [0.3, 0.4) is 0 Å². The molecule has 0 aliphatic heterocycles. The van der Waals surface area contributed by atoms with Crippen molar-refractivity contribution >= 4 is 27.8 Å². The van der Waals surface area contributed by atoms with E-state index in [1.165, 1.54) is 11.8 Å². The first-order valence-electron chi connectivity index (χ1n) is 5.96. The lowest BCUT2D eigenvalue weighted by Crippen LogP contribution is -2.36. The molecule has 1 rings (SSSR count). The molecule has 2 N–H and O–H groups in total. The van der Waals surface area contributed by atoms with Crippen molar-refractivity contribution in [1.29, 1.82) is 0 Å². The molecule has 0 spiro atoms. The number of carboxylic acid groups (broad SMARTS) is 1. The number of aromatic carboxylic acids is 1. The first kappa shape index (κ1) is 17.9. The molecule has 0 aromatic heterocycles. The molecule has 0 saturated heterocycles. The highest BCUT2D eigenvalue weighted by Crippen LogP contribution is 2.21. The Morgan fingerprint density at radius 2 is 2.05 bits per heavy atom. The molecule has 1 aromatic rings. The van der Waals surface area contributed by atoms with Gasteiger partial charge in [0, 0.05) is 11.8 Å². The minimum atomic E-state index is -4.34. The number of benzene rings is 1. The Labute approximate surface area is 125 Å². The van der Waals surface area contributed by atoms with Crippen LogP contribution in [0.4, 0.5) is 8.78 Å². The van der Waals surface area contributed by atoms with Gasteiger partial charge in [0.1, 0.15) is 4.90 Å². The first-order chi connectivity index (χ1) is 9.72. The predicted molar refractivity (Wildman–Crippen MR) is 76.1 cm³/mol. The van der Waals surface area contributed by atoms with Gasteiger partial charge in [0.2, 0.25) is 10.0 Å². The van der Waals surface area contributed by atoms with Crippen LogP contribution in [0.2, 0.25) is 0 Å². The van der Waals surface area contributed by atoms with Gasteiger partial charge < -0.3 is 5.11 Å². The molecule has 9 heteroatoms. The molecule has 21 heavy (non-hydrogen) atoms. The SMILES string of the molecule is CCC(CSC)NS(=O)(=O)c1cc(C(=O)O)cc(F)c1F. The Kier molecular flexibility index (Phi) is 6.11. The third-order valence-corrected chi connectivity index (χ3v) is 4.97. The second kappa shape index (κ2) is 7.19. The van der Waals surface area contributed by atoms with Crippen LogP contribution >= 0.6 is 11.8 Å². The summed E-state index contributed by atoms with van der Waals surface area (Å²) < 4.78 is 53.5. The summed E-state index contributed by atoms with van der Waals surface area (Å²) in [5.41, 5.74) is -0.632. The number of sulfonamides is 1. The summed E-state index contributed by atoms with van der Waals surface area (Å²) in [7, 11) is -4.34. The molecule has 118 valence electrons. The molecular formula is C12H15F2NO4S2. The van der Waals surface area contributed by atoms with Gasteiger partial charge in [-0.3, -0.25) is 0 Å². The molecule has 0 bridgehead atoms. The van der Waals surface area contributed by atoms with Crippen LogP contribution in [0.5, 0.6) is 0 Å². The molecule has 0 aliphatic carbocycles. The number of hydrogen-bond donors (Lipinski definition) is 2. The van der Waals surface area contributed by atoms with Crippen LogP contribution in [0.1, 0.15) is 23.7 Å². The summed E-state index contributed by atoms with van der Waals surface area (Å²) in [6, 6.07) is 0.589. The van der Waals surface area contributed by atoms with Gasteiger partial charge in [0.25, 0.3) is 0 Å². The standard InChI is InChI=1S/C12H15F2NO4S2/c1-3-8(6-20-2)15-21(18,19)10-5-7(12(16)17)4-9(13)11(10)14/h4-5,8,15H,3,6H2,1-2H3,(H,16,17). The van der Waals surface area contributed by atoms with Crippen LogP contribution in [0.15, 0.2) is 17.0 Å². The van der Waals surface area contributed by atoms with E-state index in [0.29, 0.717) is 24.3 Å². The van der Waals surface area contributed by atoms with Crippen molar-refractivity contribution in [3.05, 3.63) is 29.3 Å². The van der Waals surface area contributed by atoms with Gasteiger partial charge in [-0.2, -0.15) is 11.8 Å². The van der Waals surface area contributed by atoms with Gasteiger partial charge in [-0.25, -0.2) is 26.7 Å². The number of carboxylic acids is 1. The molecule has 0 aliphatic rings. The zero-order chi connectivity index (χ0) is 16.2. The van der Waals surface area contributed by atoms with Crippen molar-refractivity contribution in [3.63, 3.8) is 0 Å². The average molecular weight is 339 g/mol. The average Bonchev–Trinajstić information content (AvgIpc) is 2.40. The highest BCUT2D eigenvalue weighted by Gasteiger charge is 2.26. The summed E-state index contributed by atoms with van der Waals surface area (Å²) >= 11 is 1.40. The van der Waals surface area contributed by atoms with E-state index in [-0.39, 0.29) is 0 Å². The lowest BCUT2D eigenvalue weighted by molar-refractivity contribution is 0.0696. The van der Waals surface area contributed by atoms with Crippen molar-refractivity contribution in [2.45, 2.75) is 24.3 Å². The minimum absolute atomic E-state index is 0.440. The lowest BCUT2D eigenvalue weighted by Gasteiger charge is -2.16. The van der Waals surface area contributed by atoms with Crippen LogP contribution in [-0.4, -0.2) is 37.5 Å². The van der Waals surface area contributed by atoms with Crippen molar-refractivity contribution < 1.29 is 27.1 Å². The number of carbonyl (C=O) groups is 1. The Hall–Kier alpha value is -1.19. The molecule has 5 nitrogen and oxygen atoms in total. The molecule has 1 unspecified atom stereocenters. The Morgan fingerprint density at radius 3 is 2.52 bits per heavy atom. The molecule has 0 saturated carbocycles. The molecule has 1 aromatic carbocycles.